The first kappa shape index (κ1) is 12.5. The van der Waals surface area contributed by atoms with E-state index in [2.05, 4.69) is 0 Å². The highest BCUT2D eigenvalue weighted by Crippen LogP contribution is 2.44. The van der Waals surface area contributed by atoms with Gasteiger partial charge in [0.15, 0.2) is 0 Å². The molecule has 0 aromatic heterocycles. The van der Waals surface area contributed by atoms with Crippen LogP contribution in [0, 0.1) is 22.6 Å². The number of hydrogen-bond donors (Lipinski definition) is 0. The van der Waals surface area contributed by atoms with E-state index in [0.29, 0.717) is 5.75 Å². The average Bonchev–Trinajstić information content (AvgIpc) is 2.17. The smallest absolute Gasteiger partial charge is 0.294 e. The number of hydrogen-bond acceptors (Lipinski definition) is 5. The first-order chi connectivity index (χ1) is 7.44. The largest absolute Gasteiger partial charge is 0.435 e. The summed E-state index contributed by atoms with van der Waals surface area (Å²) in [6, 6.07) is 5.53. The van der Waals surface area contributed by atoms with E-state index in [1.807, 2.05) is 6.11 Å². The monoisotopic (exact) mass is 257 g/mol. The number of rotatable bonds is 4. The highest BCUT2D eigenvalue weighted by molar-refractivity contribution is 8.09. The highest BCUT2D eigenvalue weighted by atomic mass is 32.5. The van der Waals surface area contributed by atoms with Gasteiger partial charge in [-0.3, -0.25) is 10.1 Å². The minimum Gasteiger partial charge on any atom is -0.435 e. The molecule has 1 aromatic rings. The van der Waals surface area contributed by atoms with Crippen LogP contribution in [-0.2, 0) is 16.3 Å². The zero-order chi connectivity index (χ0) is 12.2. The van der Waals surface area contributed by atoms with Crippen LogP contribution in [0.2, 0.25) is 0 Å². The number of benzene rings is 1. The minimum atomic E-state index is -2.53. The van der Waals surface area contributed by atoms with Crippen LogP contribution in [0.25, 0.3) is 0 Å². The molecule has 0 N–H and O–H groups in total. The zero-order valence-electron chi connectivity index (χ0n) is 8.32. The first-order valence-corrected chi connectivity index (χ1v) is 7.19. The fraction of sp³-hybridized carbons (Fsp3) is 0.111. The summed E-state index contributed by atoms with van der Waals surface area (Å²) < 4.78 is 10.1. The summed E-state index contributed by atoms with van der Waals surface area (Å²) >= 11 is 5.00. The molecule has 1 unspecified atom stereocenters. The van der Waals surface area contributed by atoms with Crippen LogP contribution in [0.3, 0.4) is 0 Å². The fourth-order valence-electron chi connectivity index (χ4n) is 0.935. The van der Waals surface area contributed by atoms with Crippen LogP contribution in [0.4, 0.5) is 5.69 Å². The lowest BCUT2D eigenvalue weighted by Gasteiger charge is -2.15. The second kappa shape index (κ2) is 4.97. The molecule has 0 spiro atoms. The summed E-state index contributed by atoms with van der Waals surface area (Å²) in [5.74, 6) is 0.395. The zero-order valence-corrected chi connectivity index (χ0v) is 10.0. The molecule has 0 aliphatic rings. The third-order valence-electron chi connectivity index (χ3n) is 1.54. The number of non-ortho nitro benzene ring substituents is 1. The molecule has 0 heterocycles. The molecule has 5 nitrogen and oxygen atoms in total. The Labute approximate surface area is 97.7 Å². The SMILES string of the molecule is C#COP(C)(=S)Oc1ccc([N+](=O)[O-])cc1. The van der Waals surface area contributed by atoms with Crippen LogP contribution in [0.1, 0.15) is 0 Å². The van der Waals surface area contributed by atoms with Gasteiger partial charge in [0.1, 0.15) is 11.9 Å². The van der Waals surface area contributed by atoms with Gasteiger partial charge in [0.25, 0.3) is 12.2 Å². The Morgan fingerprint density at radius 2 is 2.06 bits per heavy atom. The average molecular weight is 257 g/mol. The summed E-state index contributed by atoms with van der Waals surface area (Å²) in [5.41, 5.74) is -0.0189. The molecule has 84 valence electrons. The molecule has 0 saturated heterocycles. The quantitative estimate of drug-likeness (QED) is 0.359. The first-order valence-electron chi connectivity index (χ1n) is 4.10. The Bertz CT molecular complexity index is 479. The normalized spacial score (nSPS) is 13.2. The Hall–Kier alpha value is -1.57. The van der Waals surface area contributed by atoms with Crippen LogP contribution in [-0.4, -0.2) is 11.6 Å². The van der Waals surface area contributed by atoms with E-state index >= 15 is 0 Å². The summed E-state index contributed by atoms with van der Waals surface area (Å²) in [5, 5.41) is 10.4. The Morgan fingerprint density at radius 3 is 2.50 bits per heavy atom. The van der Waals surface area contributed by atoms with Gasteiger partial charge in [-0.15, -0.1) is 0 Å². The second-order valence-corrected chi connectivity index (χ2v) is 6.72. The van der Waals surface area contributed by atoms with Crippen molar-refractivity contribution in [2.24, 2.45) is 0 Å². The second-order valence-electron chi connectivity index (χ2n) is 2.82. The van der Waals surface area contributed by atoms with Crippen molar-refractivity contribution in [1.82, 2.24) is 0 Å². The van der Waals surface area contributed by atoms with Crippen molar-refractivity contribution in [1.29, 1.82) is 0 Å². The summed E-state index contributed by atoms with van der Waals surface area (Å²) in [6.07, 6.45) is 6.92. The van der Waals surface area contributed by atoms with Crippen LogP contribution >= 0.6 is 6.49 Å². The van der Waals surface area contributed by atoms with Crippen LogP contribution in [0.5, 0.6) is 5.75 Å². The van der Waals surface area contributed by atoms with Gasteiger partial charge in [-0.2, -0.15) is 0 Å². The number of nitrogens with zero attached hydrogens (tertiary/aromatic N) is 1. The van der Waals surface area contributed by atoms with Crippen molar-refractivity contribution in [3.8, 4) is 18.3 Å². The van der Waals surface area contributed by atoms with Gasteiger partial charge in [0, 0.05) is 18.8 Å². The molecule has 1 atom stereocenters. The van der Waals surface area contributed by atoms with Crippen LogP contribution in [0.15, 0.2) is 24.3 Å². The molecule has 0 fully saturated rings. The van der Waals surface area contributed by atoms with Gasteiger partial charge < -0.3 is 9.05 Å². The molecule has 0 radical (unpaired) electrons. The van der Waals surface area contributed by atoms with E-state index in [1.165, 1.54) is 24.3 Å². The lowest BCUT2D eigenvalue weighted by Crippen LogP contribution is -1.93. The molecule has 7 heteroatoms. The van der Waals surface area contributed by atoms with E-state index in [0.717, 1.165) is 0 Å². The molecule has 0 saturated carbocycles. The predicted molar refractivity (Wildman–Crippen MR) is 63.9 cm³/mol. The molecule has 0 aliphatic carbocycles. The van der Waals surface area contributed by atoms with Gasteiger partial charge in [-0.25, -0.2) is 0 Å². The van der Waals surface area contributed by atoms with E-state index < -0.39 is 11.4 Å². The lowest BCUT2D eigenvalue weighted by molar-refractivity contribution is -0.384. The van der Waals surface area contributed by atoms with Gasteiger partial charge in [0.05, 0.1) is 4.92 Å². The lowest BCUT2D eigenvalue weighted by atomic mass is 10.3. The maximum atomic E-state index is 10.4. The highest BCUT2D eigenvalue weighted by Gasteiger charge is 2.13. The number of nitro groups is 1. The Balaban J connectivity index is 2.81. The van der Waals surface area contributed by atoms with E-state index in [4.69, 9.17) is 27.3 Å². The number of terminal acetylenes is 1. The predicted octanol–water partition coefficient (Wildman–Crippen LogP) is 2.52. The summed E-state index contributed by atoms with van der Waals surface area (Å²) in [4.78, 5) is 9.90. The van der Waals surface area contributed by atoms with Crippen molar-refractivity contribution in [2.75, 3.05) is 6.66 Å². The van der Waals surface area contributed by atoms with E-state index in [1.54, 1.807) is 6.66 Å². The van der Waals surface area contributed by atoms with Crippen molar-refractivity contribution in [3.05, 3.63) is 34.4 Å². The number of nitro benzene ring substituents is 1. The molecule has 16 heavy (non-hydrogen) atoms. The van der Waals surface area contributed by atoms with Crippen molar-refractivity contribution < 1.29 is 14.0 Å². The van der Waals surface area contributed by atoms with Crippen molar-refractivity contribution in [3.63, 3.8) is 0 Å². The van der Waals surface area contributed by atoms with Crippen LogP contribution < -0.4 is 4.52 Å². The third kappa shape index (κ3) is 3.54. The van der Waals surface area contributed by atoms with Gasteiger partial charge >= 0.3 is 0 Å². The summed E-state index contributed by atoms with van der Waals surface area (Å²) in [7, 11) is 0. The minimum absolute atomic E-state index is 0.0189. The third-order valence-corrected chi connectivity index (χ3v) is 2.96. The maximum Gasteiger partial charge on any atom is 0.294 e. The molecule has 0 amide bonds. The Morgan fingerprint density at radius 1 is 1.50 bits per heavy atom. The topological polar surface area (TPSA) is 61.6 Å². The molecule has 0 aliphatic heterocycles. The standard InChI is InChI=1S/C9H8NO4PS/c1-3-13-15(2,16)14-9-6-4-8(5-7-9)10(11)12/h1,4-7H,2H3. The summed E-state index contributed by atoms with van der Waals surface area (Å²) in [6.45, 7) is -0.953. The molecule has 1 aromatic carbocycles. The van der Waals surface area contributed by atoms with Crippen molar-refractivity contribution in [2.45, 2.75) is 0 Å². The van der Waals surface area contributed by atoms with E-state index in [-0.39, 0.29) is 5.69 Å². The molecule has 1 rings (SSSR count). The molecular weight excluding hydrogens is 249 g/mol. The van der Waals surface area contributed by atoms with Gasteiger partial charge in [-0.1, -0.05) is 6.42 Å². The van der Waals surface area contributed by atoms with Gasteiger partial charge in [-0.05, 0) is 23.9 Å². The molecule has 0 bridgehead atoms. The van der Waals surface area contributed by atoms with E-state index in [9.17, 15) is 10.1 Å². The maximum absolute atomic E-state index is 10.4. The Kier molecular flexibility index (Phi) is 3.88. The van der Waals surface area contributed by atoms with Gasteiger partial charge in [0.2, 0.25) is 0 Å². The fourth-order valence-corrected chi connectivity index (χ4v) is 2.06. The van der Waals surface area contributed by atoms with Crippen molar-refractivity contribution >= 4 is 24.0 Å². The molecular formula is C9H8NO4PS.